The highest BCUT2D eigenvalue weighted by molar-refractivity contribution is 5.82. The number of hydrogen-bond donors (Lipinski definition) is 2. The fraction of sp³-hybridized carbons (Fsp3) is 0.429. The fourth-order valence-corrected chi connectivity index (χ4v) is 4.92. The third kappa shape index (κ3) is 6.06. The van der Waals surface area contributed by atoms with E-state index in [1.54, 1.807) is 0 Å². The van der Waals surface area contributed by atoms with Crippen molar-refractivity contribution >= 4 is 10.9 Å². The van der Waals surface area contributed by atoms with Crippen LogP contribution in [0, 0.1) is 13.8 Å². The molecule has 4 aromatic rings. The number of hydrogen-bond acceptors (Lipinski definition) is 6. The molecule has 0 aliphatic rings. The van der Waals surface area contributed by atoms with E-state index in [2.05, 4.69) is 63.5 Å². The van der Waals surface area contributed by atoms with E-state index in [0.29, 0.717) is 31.6 Å². The lowest BCUT2D eigenvalue weighted by Gasteiger charge is -2.30. The van der Waals surface area contributed by atoms with Crippen LogP contribution in [0.4, 0.5) is 0 Å². The summed E-state index contributed by atoms with van der Waals surface area (Å²) in [6.07, 6.45) is 3.23. The SMILES string of the molecule is CCC[C@H](c1nnnn1CCc1ccccc1)N(CCCO)Cc1cc2cc(C)cc(C)c2[nH]c1=O. The van der Waals surface area contributed by atoms with Crippen molar-refractivity contribution < 1.29 is 5.11 Å². The molecule has 8 heteroatoms. The van der Waals surface area contributed by atoms with Gasteiger partial charge < -0.3 is 10.1 Å². The van der Waals surface area contributed by atoms with Crippen LogP contribution < -0.4 is 5.56 Å². The second-order valence-electron chi connectivity index (χ2n) is 9.52. The van der Waals surface area contributed by atoms with Crippen LogP contribution in [0.2, 0.25) is 0 Å². The van der Waals surface area contributed by atoms with Crippen molar-refractivity contribution in [2.24, 2.45) is 0 Å². The normalized spacial score (nSPS) is 12.5. The molecule has 0 radical (unpaired) electrons. The summed E-state index contributed by atoms with van der Waals surface area (Å²) < 4.78 is 1.89. The smallest absolute Gasteiger partial charge is 0.252 e. The van der Waals surface area contributed by atoms with Crippen molar-refractivity contribution in [2.75, 3.05) is 13.2 Å². The van der Waals surface area contributed by atoms with Gasteiger partial charge in [0.15, 0.2) is 5.82 Å². The van der Waals surface area contributed by atoms with Gasteiger partial charge in [0.05, 0.1) is 11.6 Å². The van der Waals surface area contributed by atoms with Gasteiger partial charge in [0, 0.05) is 31.8 Å². The van der Waals surface area contributed by atoms with Gasteiger partial charge in [-0.2, -0.15) is 0 Å². The molecule has 0 aliphatic heterocycles. The molecule has 0 amide bonds. The predicted molar refractivity (Wildman–Crippen MR) is 142 cm³/mol. The minimum atomic E-state index is -0.0811. The maximum Gasteiger partial charge on any atom is 0.252 e. The van der Waals surface area contributed by atoms with Crippen molar-refractivity contribution in [2.45, 2.75) is 65.6 Å². The number of nitrogens with zero attached hydrogens (tertiary/aromatic N) is 5. The van der Waals surface area contributed by atoms with Gasteiger partial charge in [0.1, 0.15) is 0 Å². The zero-order valence-corrected chi connectivity index (χ0v) is 21.4. The summed E-state index contributed by atoms with van der Waals surface area (Å²) >= 11 is 0. The van der Waals surface area contributed by atoms with E-state index in [0.717, 1.165) is 47.1 Å². The second-order valence-corrected chi connectivity index (χ2v) is 9.52. The number of fused-ring (bicyclic) bond motifs is 1. The van der Waals surface area contributed by atoms with Crippen molar-refractivity contribution in [3.63, 3.8) is 0 Å². The van der Waals surface area contributed by atoms with Crippen LogP contribution in [-0.2, 0) is 19.5 Å². The van der Waals surface area contributed by atoms with Crippen molar-refractivity contribution in [3.05, 3.63) is 87.0 Å². The first kappa shape index (κ1) is 25.7. The number of H-pyrrole nitrogens is 1. The number of aryl methyl sites for hydroxylation is 4. The fourth-order valence-electron chi connectivity index (χ4n) is 4.92. The lowest BCUT2D eigenvalue weighted by Crippen LogP contribution is -2.34. The molecule has 0 saturated carbocycles. The summed E-state index contributed by atoms with van der Waals surface area (Å²) in [5.74, 6) is 0.801. The third-order valence-electron chi connectivity index (χ3n) is 6.66. The van der Waals surface area contributed by atoms with Gasteiger partial charge in [-0.05, 0) is 72.2 Å². The average molecular weight is 489 g/mol. The van der Waals surface area contributed by atoms with Crippen LogP contribution in [0.3, 0.4) is 0 Å². The van der Waals surface area contributed by atoms with E-state index in [4.69, 9.17) is 0 Å². The quantitative estimate of drug-likeness (QED) is 0.311. The minimum absolute atomic E-state index is 0.0679. The first-order valence-corrected chi connectivity index (χ1v) is 12.8. The summed E-state index contributed by atoms with van der Waals surface area (Å²) in [5.41, 5.74) is 4.96. The lowest BCUT2D eigenvalue weighted by molar-refractivity contribution is 0.147. The highest BCUT2D eigenvalue weighted by Crippen LogP contribution is 2.27. The van der Waals surface area contributed by atoms with E-state index in [-0.39, 0.29) is 18.2 Å². The molecule has 4 rings (SSSR count). The van der Waals surface area contributed by atoms with Gasteiger partial charge in [-0.25, -0.2) is 4.68 Å². The Morgan fingerprint density at radius 3 is 2.69 bits per heavy atom. The molecule has 0 fully saturated rings. The van der Waals surface area contributed by atoms with E-state index < -0.39 is 0 Å². The van der Waals surface area contributed by atoms with Crippen molar-refractivity contribution in [1.29, 1.82) is 0 Å². The third-order valence-corrected chi connectivity index (χ3v) is 6.66. The van der Waals surface area contributed by atoms with Crippen LogP contribution in [0.5, 0.6) is 0 Å². The van der Waals surface area contributed by atoms with Gasteiger partial charge in [-0.1, -0.05) is 55.3 Å². The zero-order valence-electron chi connectivity index (χ0n) is 21.4. The van der Waals surface area contributed by atoms with Gasteiger partial charge in [0.2, 0.25) is 0 Å². The van der Waals surface area contributed by atoms with Gasteiger partial charge in [0.25, 0.3) is 5.56 Å². The Kier molecular flexibility index (Phi) is 8.61. The summed E-state index contributed by atoms with van der Waals surface area (Å²) in [5, 5.41) is 23.4. The average Bonchev–Trinajstić information content (AvgIpc) is 3.33. The Morgan fingerprint density at radius 2 is 1.94 bits per heavy atom. The number of aliphatic hydroxyl groups is 1. The van der Waals surface area contributed by atoms with Crippen LogP contribution in [0.1, 0.15) is 60.3 Å². The lowest BCUT2D eigenvalue weighted by atomic mass is 10.0. The highest BCUT2D eigenvalue weighted by atomic mass is 16.3. The number of rotatable bonds is 12. The molecule has 0 spiro atoms. The standard InChI is InChI=1S/C28H36N6O2/c1-4-9-25(27-30-31-32-34(27)14-12-22-10-6-5-7-11-22)33(13-8-15-35)19-24-18-23-17-20(2)16-21(3)26(23)29-28(24)36/h5-7,10-11,16-18,25,35H,4,8-9,12-15,19H2,1-3H3,(H,29,36)/t25-/m1/s1. The number of aromatic nitrogens is 5. The molecule has 2 N–H and O–H groups in total. The number of aliphatic hydroxyl groups excluding tert-OH is 1. The molecule has 0 aliphatic carbocycles. The van der Waals surface area contributed by atoms with Gasteiger partial charge in [-0.15, -0.1) is 5.10 Å². The Balaban J connectivity index is 1.65. The zero-order chi connectivity index (χ0) is 25.5. The van der Waals surface area contributed by atoms with Crippen LogP contribution in [-0.4, -0.2) is 48.3 Å². The molecule has 190 valence electrons. The molecular formula is C28H36N6O2. The van der Waals surface area contributed by atoms with E-state index in [1.165, 1.54) is 5.56 Å². The maximum absolute atomic E-state index is 13.1. The molecular weight excluding hydrogens is 452 g/mol. The van der Waals surface area contributed by atoms with Crippen molar-refractivity contribution in [3.8, 4) is 0 Å². The van der Waals surface area contributed by atoms with Gasteiger partial charge >= 0.3 is 0 Å². The van der Waals surface area contributed by atoms with E-state index >= 15 is 0 Å². The van der Waals surface area contributed by atoms with Crippen molar-refractivity contribution in [1.82, 2.24) is 30.1 Å². The summed E-state index contributed by atoms with van der Waals surface area (Å²) in [6.45, 7) is 8.08. The number of pyridine rings is 1. The van der Waals surface area contributed by atoms with Crippen LogP contribution >= 0.6 is 0 Å². The molecule has 2 aromatic heterocycles. The van der Waals surface area contributed by atoms with E-state index in [1.807, 2.05) is 35.9 Å². The number of tetrazole rings is 1. The monoisotopic (exact) mass is 488 g/mol. The molecule has 0 saturated heterocycles. The molecule has 36 heavy (non-hydrogen) atoms. The summed E-state index contributed by atoms with van der Waals surface area (Å²) in [7, 11) is 0. The number of benzene rings is 2. The molecule has 1 atom stereocenters. The Morgan fingerprint density at radius 1 is 1.14 bits per heavy atom. The Bertz CT molecular complexity index is 1330. The number of nitrogens with one attached hydrogen (secondary N) is 1. The highest BCUT2D eigenvalue weighted by Gasteiger charge is 2.26. The Labute approximate surface area is 212 Å². The minimum Gasteiger partial charge on any atom is -0.396 e. The van der Waals surface area contributed by atoms with Crippen LogP contribution in [0.15, 0.2) is 53.3 Å². The molecule has 8 nitrogen and oxygen atoms in total. The molecule has 0 bridgehead atoms. The molecule has 0 unspecified atom stereocenters. The molecule has 2 heterocycles. The van der Waals surface area contributed by atoms with E-state index in [9.17, 15) is 9.90 Å². The predicted octanol–water partition coefficient (Wildman–Crippen LogP) is 4.10. The summed E-state index contributed by atoms with van der Waals surface area (Å²) in [6, 6.07) is 16.4. The maximum atomic E-state index is 13.1. The topological polar surface area (TPSA) is 99.9 Å². The van der Waals surface area contributed by atoms with Crippen LogP contribution in [0.25, 0.3) is 10.9 Å². The second kappa shape index (κ2) is 12.1. The molecule has 2 aromatic carbocycles. The van der Waals surface area contributed by atoms with Gasteiger partial charge in [-0.3, -0.25) is 9.69 Å². The number of aromatic amines is 1. The first-order chi connectivity index (χ1) is 17.5. The summed E-state index contributed by atoms with van der Waals surface area (Å²) in [4.78, 5) is 18.4. The largest absolute Gasteiger partial charge is 0.396 e. The first-order valence-electron chi connectivity index (χ1n) is 12.8. The Hall–Kier alpha value is -3.36.